The number of hydrogen-bond donors (Lipinski definition) is 1. The maximum atomic E-state index is 6.17. The maximum Gasteiger partial charge on any atom is 0.152 e. The fraction of sp³-hybridized carbons (Fsp3) is 0.364. The van der Waals surface area contributed by atoms with Crippen molar-refractivity contribution in [1.82, 2.24) is 9.55 Å². The molecule has 0 amide bonds. The summed E-state index contributed by atoms with van der Waals surface area (Å²) in [5, 5.41) is 2.07. The molecule has 0 aromatic carbocycles. The monoisotopic (exact) mass is 297 g/mol. The molecule has 5 heteroatoms. The molecule has 1 atom stereocenters. The number of imidazole rings is 1. The highest BCUT2D eigenvalue weighted by atomic mass is 79.9. The number of aromatic nitrogens is 2. The fourth-order valence-electron chi connectivity index (χ4n) is 2.21. The first-order valence-electron chi connectivity index (χ1n) is 5.33. The van der Waals surface area contributed by atoms with E-state index in [-0.39, 0.29) is 6.17 Å². The van der Waals surface area contributed by atoms with Crippen LogP contribution in [0, 0.1) is 0 Å². The van der Waals surface area contributed by atoms with Gasteiger partial charge < -0.3 is 10.3 Å². The van der Waals surface area contributed by atoms with Gasteiger partial charge in [0.2, 0.25) is 0 Å². The van der Waals surface area contributed by atoms with Crippen molar-refractivity contribution in [1.29, 1.82) is 0 Å². The van der Waals surface area contributed by atoms with Crippen LogP contribution in [0.2, 0.25) is 0 Å². The van der Waals surface area contributed by atoms with Crippen molar-refractivity contribution in [3.63, 3.8) is 0 Å². The van der Waals surface area contributed by atoms with E-state index >= 15 is 0 Å². The Balaban J connectivity index is 2.20. The SMILES string of the molecule is NC1CCCc2c(Br)nc(-c3cccs3)n21. The van der Waals surface area contributed by atoms with Crippen LogP contribution in [0.3, 0.4) is 0 Å². The average Bonchev–Trinajstić information content (AvgIpc) is 2.87. The highest BCUT2D eigenvalue weighted by molar-refractivity contribution is 9.10. The van der Waals surface area contributed by atoms with Crippen LogP contribution in [0.5, 0.6) is 0 Å². The van der Waals surface area contributed by atoms with Gasteiger partial charge in [0.15, 0.2) is 5.82 Å². The predicted molar refractivity (Wildman–Crippen MR) is 69.4 cm³/mol. The lowest BCUT2D eigenvalue weighted by atomic mass is 10.1. The Bertz CT molecular complexity index is 504. The van der Waals surface area contributed by atoms with Crippen LogP contribution in [0.25, 0.3) is 10.7 Å². The third kappa shape index (κ3) is 1.54. The van der Waals surface area contributed by atoms with Crippen molar-refractivity contribution < 1.29 is 0 Å². The van der Waals surface area contributed by atoms with E-state index in [1.807, 2.05) is 6.07 Å². The van der Waals surface area contributed by atoms with E-state index in [9.17, 15) is 0 Å². The zero-order valence-electron chi connectivity index (χ0n) is 8.69. The van der Waals surface area contributed by atoms with Gasteiger partial charge in [0.1, 0.15) is 4.60 Å². The minimum atomic E-state index is 0.0691. The van der Waals surface area contributed by atoms with Crippen molar-refractivity contribution >= 4 is 27.3 Å². The average molecular weight is 298 g/mol. The van der Waals surface area contributed by atoms with Crippen LogP contribution < -0.4 is 5.73 Å². The Hall–Kier alpha value is -0.650. The first kappa shape index (κ1) is 10.5. The standard InChI is InChI=1S/C11H12BrN3S/c12-10-7-3-1-5-9(13)15(7)11(14-10)8-4-2-6-16-8/h2,4,6,9H,1,3,5,13H2. The topological polar surface area (TPSA) is 43.8 Å². The van der Waals surface area contributed by atoms with E-state index in [1.165, 1.54) is 10.6 Å². The number of halogens is 1. The van der Waals surface area contributed by atoms with Gasteiger partial charge in [-0.1, -0.05) is 6.07 Å². The second kappa shape index (κ2) is 3.98. The molecule has 1 aliphatic heterocycles. The summed E-state index contributed by atoms with van der Waals surface area (Å²) in [5.41, 5.74) is 7.41. The highest BCUT2D eigenvalue weighted by Gasteiger charge is 2.24. The van der Waals surface area contributed by atoms with Crippen LogP contribution in [0.15, 0.2) is 22.1 Å². The molecule has 0 spiro atoms. The zero-order chi connectivity index (χ0) is 11.1. The first-order chi connectivity index (χ1) is 7.77. The number of nitrogens with two attached hydrogens (primary N) is 1. The van der Waals surface area contributed by atoms with E-state index in [4.69, 9.17) is 5.73 Å². The molecule has 0 saturated carbocycles. The van der Waals surface area contributed by atoms with Gasteiger partial charge in [-0.25, -0.2) is 4.98 Å². The lowest BCUT2D eigenvalue weighted by Crippen LogP contribution is -2.25. The molecule has 1 aliphatic rings. The zero-order valence-corrected chi connectivity index (χ0v) is 11.1. The van der Waals surface area contributed by atoms with E-state index in [1.54, 1.807) is 11.3 Å². The van der Waals surface area contributed by atoms with Gasteiger partial charge in [0.05, 0.1) is 16.7 Å². The van der Waals surface area contributed by atoms with Gasteiger partial charge in [-0.2, -0.15) is 0 Å². The third-order valence-corrected chi connectivity index (χ3v) is 4.45. The van der Waals surface area contributed by atoms with Crippen molar-refractivity contribution in [2.45, 2.75) is 25.4 Å². The molecule has 2 aromatic rings. The first-order valence-corrected chi connectivity index (χ1v) is 7.00. The second-order valence-corrected chi connectivity index (χ2v) is 5.68. The van der Waals surface area contributed by atoms with Crippen LogP contribution in [0.1, 0.15) is 24.7 Å². The smallest absolute Gasteiger partial charge is 0.152 e. The van der Waals surface area contributed by atoms with Crippen molar-refractivity contribution in [3.05, 3.63) is 27.8 Å². The summed E-state index contributed by atoms with van der Waals surface area (Å²) in [6, 6.07) is 4.14. The number of fused-ring (bicyclic) bond motifs is 1. The molecular formula is C11H12BrN3S. The Morgan fingerprint density at radius 2 is 2.44 bits per heavy atom. The number of hydrogen-bond acceptors (Lipinski definition) is 3. The van der Waals surface area contributed by atoms with Crippen molar-refractivity contribution in [3.8, 4) is 10.7 Å². The summed E-state index contributed by atoms with van der Waals surface area (Å²) >= 11 is 5.24. The van der Waals surface area contributed by atoms with Gasteiger partial charge in [0.25, 0.3) is 0 Å². The molecule has 2 N–H and O–H groups in total. The predicted octanol–water partition coefficient (Wildman–Crippen LogP) is 3.17. The molecule has 0 saturated heterocycles. The second-order valence-electron chi connectivity index (χ2n) is 3.98. The normalized spacial score (nSPS) is 19.8. The van der Waals surface area contributed by atoms with Gasteiger partial charge in [-0.3, -0.25) is 0 Å². The molecule has 0 bridgehead atoms. The molecule has 1 unspecified atom stereocenters. The highest BCUT2D eigenvalue weighted by Crippen LogP contribution is 2.35. The van der Waals surface area contributed by atoms with E-state index in [0.29, 0.717) is 0 Å². The van der Waals surface area contributed by atoms with Crippen LogP contribution in [0.4, 0.5) is 0 Å². The van der Waals surface area contributed by atoms with E-state index in [2.05, 4.69) is 36.9 Å². The fourth-order valence-corrected chi connectivity index (χ4v) is 3.47. The summed E-state index contributed by atoms with van der Waals surface area (Å²) in [7, 11) is 0. The third-order valence-electron chi connectivity index (χ3n) is 2.95. The molecule has 0 radical (unpaired) electrons. The van der Waals surface area contributed by atoms with Gasteiger partial charge in [-0.05, 0) is 46.6 Å². The molecule has 84 valence electrons. The van der Waals surface area contributed by atoms with E-state index in [0.717, 1.165) is 29.7 Å². The summed E-state index contributed by atoms with van der Waals surface area (Å²) in [4.78, 5) is 5.78. The van der Waals surface area contributed by atoms with Crippen molar-refractivity contribution in [2.75, 3.05) is 0 Å². The van der Waals surface area contributed by atoms with E-state index < -0.39 is 0 Å². The minimum Gasteiger partial charge on any atom is -0.311 e. The summed E-state index contributed by atoms with van der Waals surface area (Å²) in [6.07, 6.45) is 3.32. The lowest BCUT2D eigenvalue weighted by Gasteiger charge is -2.23. The Kier molecular flexibility index (Phi) is 2.61. The van der Waals surface area contributed by atoms with Gasteiger partial charge >= 0.3 is 0 Å². The minimum absolute atomic E-state index is 0.0691. The quantitative estimate of drug-likeness (QED) is 0.879. The Morgan fingerprint density at radius 3 is 3.19 bits per heavy atom. The number of nitrogens with zero attached hydrogens (tertiary/aromatic N) is 2. The van der Waals surface area contributed by atoms with Crippen LogP contribution in [-0.4, -0.2) is 9.55 Å². The van der Waals surface area contributed by atoms with Crippen LogP contribution in [-0.2, 0) is 6.42 Å². The van der Waals surface area contributed by atoms with Gasteiger partial charge in [-0.15, -0.1) is 11.3 Å². The molecule has 2 aromatic heterocycles. The molecule has 3 rings (SSSR count). The Labute approximate surface area is 106 Å². The lowest BCUT2D eigenvalue weighted by molar-refractivity contribution is 0.417. The molecule has 3 nitrogen and oxygen atoms in total. The maximum absolute atomic E-state index is 6.17. The summed E-state index contributed by atoms with van der Waals surface area (Å²) in [5.74, 6) is 1.00. The molecule has 0 fully saturated rings. The summed E-state index contributed by atoms with van der Waals surface area (Å²) < 4.78 is 3.13. The molecule has 0 aliphatic carbocycles. The number of thiophene rings is 1. The molecule has 16 heavy (non-hydrogen) atoms. The number of rotatable bonds is 1. The Morgan fingerprint density at radius 1 is 1.56 bits per heavy atom. The summed E-state index contributed by atoms with van der Waals surface area (Å²) in [6.45, 7) is 0. The molecule has 3 heterocycles. The van der Waals surface area contributed by atoms with Crippen molar-refractivity contribution in [2.24, 2.45) is 5.73 Å². The molecular weight excluding hydrogens is 286 g/mol. The van der Waals surface area contributed by atoms with Gasteiger partial charge in [0, 0.05) is 0 Å². The largest absolute Gasteiger partial charge is 0.311 e. The van der Waals surface area contributed by atoms with Crippen LogP contribution >= 0.6 is 27.3 Å².